The minimum Gasteiger partial charge on any atom is -0.389 e. The normalized spacial score (nSPS) is 16.9. The Kier molecular flexibility index (Phi) is 6.99. The molecule has 32 heavy (non-hydrogen) atoms. The van der Waals surface area contributed by atoms with Crippen molar-refractivity contribution in [2.24, 2.45) is 5.92 Å². The van der Waals surface area contributed by atoms with E-state index in [0.29, 0.717) is 10.7 Å². The fraction of sp³-hybridized carbons (Fsp3) is 0.462. The van der Waals surface area contributed by atoms with E-state index in [4.69, 9.17) is 11.6 Å². The van der Waals surface area contributed by atoms with Gasteiger partial charge < -0.3 is 10.0 Å². The van der Waals surface area contributed by atoms with Crippen LogP contribution in [-0.4, -0.2) is 51.0 Å². The number of hydrogen-bond donors (Lipinski definition) is 1. The molecule has 2 aliphatic rings. The van der Waals surface area contributed by atoms with E-state index >= 15 is 0 Å². The predicted molar refractivity (Wildman–Crippen MR) is 128 cm³/mol. The van der Waals surface area contributed by atoms with Crippen LogP contribution >= 0.6 is 11.6 Å². The molecule has 4 rings (SSSR count). The number of nitrogens with zero attached hydrogens (tertiary/aromatic N) is 3. The first kappa shape index (κ1) is 23.0. The SMILES string of the molecule is CC(C)(O)CN(Cc1ncccc1Cl)C(=O)/C=C/c1cccc2c1CCN(CC1CC1)C2. The van der Waals surface area contributed by atoms with Gasteiger partial charge in [-0.15, -0.1) is 0 Å². The van der Waals surface area contributed by atoms with Gasteiger partial charge in [0.05, 0.1) is 22.9 Å². The first-order chi connectivity index (χ1) is 15.3. The third kappa shape index (κ3) is 6.18. The second-order valence-corrected chi connectivity index (χ2v) is 10.1. The molecule has 1 fully saturated rings. The molecule has 0 unspecified atom stereocenters. The quantitative estimate of drug-likeness (QED) is 0.605. The Balaban J connectivity index is 1.49. The summed E-state index contributed by atoms with van der Waals surface area (Å²) in [6.07, 6.45) is 8.93. The van der Waals surface area contributed by atoms with Crippen LogP contribution in [0.25, 0.3) is 6.08 Å². The first-order valence-electron chi connectivity index (χ1n) is 11.4. The highest BCUT2D eigenvalue weighted by Crippen LogP contribution is 2.32. The molecule has 5 nitrogen and oxygen atoms in total. The molecule has 1 amide bonds. The molecule has 0 radical (unpaired) electrons. The maximum atomic E-state index is 13.1. The highest BCUT2D eigenvalue weighted by molar-refractivity contribution is 6.31. The van der Waals surface area contributed by atoms with Crippen LogP contribution in [-0.2, 0) is 24.3 Å². The smallest absolute Gasteiger partial charge is 0.247 e. The highest BCUT2D eigenvalue weighted by atomic mass is 35.5. The summed E-state index contributed by atoms with van der Waals surface area (Å²) in [5, 5.41) is 10.9. The van der Waals surface area contributed by atoms with Crippen molar-refractivity contribution in [1.82, 2.24) is 14.8 Å². The second-order valence-electron chi connectivity index (χ2n) is 9.69. The van der Waals surface area contributed by atoms with Crippen molar-refractivity contribution in [3.8, 4) is 0 Å². The predicted octanol–water partition coefficient (Wildman–Crippen LogP) is 4.32. The summed E-state index contributed by atoms with van der Waals surface area (Å²) < 4.78 is 0. The van der Waals surface area contributed by atoms with Crippen molar-refractivity contribution in [2.45, 2.75) is 51.8 Å². The van der Waals surface area contributed by atoms with Crippen molar-refractivity contribution >= 4 is 23.6 Å². The van der Waals surface area contributed by atoms with Crippen LogP contribution in [0.4, 0.5) is 0 Å². The Labute approximate surface area is 195 Å². The number of rotatable bonds is 8. The van der Waals surface area contributed by atoms with E-state index in [2.05, 4.69) is 28.1 Å². The van der Waals surface area contributed by atoms with Crippen LogP contribution in [0, 0.1) is 5.92 Å². The summed E-state index contributed by atoms with van der Waals surface area (Å²) in [6.45, 7) is 7.09. The number of halogens is 1. The van der Waals surface area contributed by atoms with E-state index in [1.165, 1.54) is 30.5 Å². The number of aromatic nitrogens is 1. The van der Waals surface area contributed by atoms with Gasteiger partial charge in [-0.25, -0.2) is 0 Å². The Morgan fingerprint density at radius 1 is 1.31 bits per heavy atom. The molecular formula is C26H32ClN3O2. The van der Waals surface area contributed by atoms with Gasteiger partial charge in [-0.1, -0.05) is 29.8 Å². The molecule has 1 saturated carbocycles. The number of carbonyl (C=O) groups excluding carboxylic acids is 1. The van der Waals surface area contributed by atoms with E-state index < -0.39 is 5.60 Å². The molecule has 2 aromatic rings. The summed E-state index contributed by atoms with van der Waals surface area (Å²) in [4.78, 5) is 21.6. The fourth-order valence-electron chi connectivity index (χ4n) is 4.34. The largest absolute Gasteiger partial charge is 0.389 e. The van der Waals surface area contributed by atoms with E-state index in [1.807, 2.05) is 6.08 Å². The van der Waals surface area contributed by atoms with Crippen LogP contribution in [0.5, 0.6) is 0 Å². The highest BCUT2D eigenvalue weighted by Gasteiger charge is 2.27. The van der Waals surface area contributed by atoms with Crippen molar-refractivity contribution in [3.63, 3.8) is 0 Å². The van der Waals surface area contributed by atoms with Gasteiger partial charge in [0, 0.05) is 38.5 Å². The maximum Gasteiger partial charge on any atom is 0.247 e. The van der Waals surface area contributed by atoms with Gasteiger partial charge in [0.15, 0.2) is 0 Å². The van der Waals surface area contributed by atoms with Crippen LogP contribution in [0.15, 0.2) is 42.6 Å². The molecule has 1 aliphatic heterocycles. The molecule has 0 atom stereocenters. The third-order valence-electron chi connectivity index (χ3n) is 6.06. The number of benzene rings is 1. The van der Waals surface area contributed by atoms with Gasteiger partial charge in [0.1, 0.15) is 0 Å². The molecule has 2 heterocycles. The van der Waals surface area contributed by atoms with E-state index in [9.17, 15) is 9.90 Å². The van der Waals surface area contributed by atoms with Crippen LogP contribution in [0.2, 0.25) is 5.02 Å². The number of fused-ring (bicyclic) bond motifs is 1. The zero-order valence-electron chi connectivity index (χ0n) is 18.9. The Bertz CT molecular complexity index is 995. The maximum absolute atomic E-state index is 13.1. The monoisotopic (exact) mass is 453 g/mol. The Hall–Kier alpha value is -2.21. The lowest BCUT2D eigenvalue weighted by molar-refractivity contribution is -0.129. The summed E-state index contributed by atoms with van der Waals surface area (Å²) in [5.41, 5.74) is 3.39. The number of amides is 1. The lowest BCUT2D eigenvalue weighted by atomic mass is 9.94. The Morgan fingerprint density at radius 3 is 2.84 bits per heavy atom. The molecule has 1 N–H and O–H groups in total. The molecule has 6 heteroatoms. The molecule has 0 bridgehead atoms. The van der Waals surface area contributed by atoms with Crippen LogP contribution in [0.1, 0.15) is 49.1 Å². The molecule has 1 aromatic heterocycles. The summed E-state index contributed by atoms with van der Waals surface area (Å²) in [6, 6.07) is 9.88. The minimum atomic E-state index is -1.03. The first-order valence-corrected chi connectivity index (χ1v) is 11.8. The number of aliphatic hydroxyl groups is 1. The zero-order chi connectivity index (χ0) is 22.7. The topological polar surface area (TPSA) is 56.7 Å². The van der Waals surface area contributed by atoms with Gasteiger partial charge in [-0.3, -0.25) is 14.7 Å². The van der Waals surface area contributed by atoms with Gasteiger partial charge in [0.2, 0.25) is 5.91 Å². The molecule has 1 aliphatic carbocycles. The summed E-state index contributed by atoms with van der Waals surface area (Å²) in [5.74, 6) is 0.726. The number of hydrogen-bond acceptors (Lipinski definition) is 4. The average Bonchev–Trinajstić information content (AvgIpc) is 3.56. The van der Waals surface area contributed by atoms with Gasteiger partial charge in [-0.05, 0) is 73.9 Å². The lowest BCUT2D eigenvalue weighted by Crippen LogP contribution is -2.41. The van der Waals surface area contributed by atoms with Crippen LogP contribution in [0.3, 0.4) is 0 Å². The van der Waals surface area contributed by atoms with Gasteiger partial charge in [0.25, 0.3) is 0 Å². The third-order valence-corrected chi connectivity index (χ3v) is 6.41. The molecule has 0 spiro atoms. The van der Waals surface area contributed by atoms with Crippen molar-refractivity contribution in [1.29, 1.82) is 0 Å². The van der Waals surface area contributed by atoms with Crippen molar-refractivity contribution in [2.75, 3.05) is 19.6 Å². The molecule has 0 saturated heterocycles. The molecular weight excluding hydrogens is 422 g/mol. The van der Waals surface area contributed by atoms with Crippen molar-refractivity contribution in [3.05, 3.63) is 70.0 Å². The van der Waals surface area contributed by atoms with Crippen molar-refractivity contribution < 1.29 is 9.90 Å². The standard InChI is InChI=1S/C26H32ClN3O2/c1-26(2,32)18-30(17-24-23(27)7-4-13-28-24)25(31)11-10-20-5-3-6-21-16-29(14-12-22(20)21)15-19-8-9-19/h3-7,10-11,13,19,32H,8-9,12,14-18H2,1-2H3/b11-10+. The summed E-state index contributed by atoms with van der Waals surface area (Å²) in [7, 11) is 0. The summed E-state index contributed by atoms with van der Waals surface area (Å²) >= 11 is 6.26. The van der Waals surface area contributed by atoms with E-state index in [1.54, 1.807) is 43.2 Å². The van der Waals surface area contributed by atoms with Gasteiger partial charge >= 0.3 is 0 Å². The molecule has 170 valence electrons. The van der Waals surface area contributed by atoms with E-state index in [0.717, 1.165) is 31.0 Å². The zero-order valence-corrected chi connectivity index (χ0v) is 19.7. The fourth-order valence-corrected chi connectivity index (χ4v) is 4.52. The van der Waals surface area contributed by atoms with E-state index in [-0.39, 0.29) is 19.0 Å². The van der Waals surface area contributed by atoms with Crippen LogP contribution < -0.4 is 0 Å². The minimum absolute atomic E-state index is 0.169. The Morgan fingerprint density at radius 2 is 2.12 bits per heavy atom. The molecule has 1 aromatic carbocycles. The number of pyridine rings is 1. The lowest BCUT2D eigenvalue weighted by Gasteiger charge is -2.30. The van der Waals surface area contributed by atoms with Gasteiger partial charge in [-0.2, -0.15) is 0 Å². The number of carbonyl (C=O) groups is 1. The second kappa shape index (κ2) is 9.74. The average molecular weight is 454 g/mol.